The van der Waals surface area contributed by atoms with Crippen molar-refractivity contribution >= 4 is 47.6 Å². The van der Waals surface area contributed by atoms with Gasteiger partial charge in [-0.1, -0.05) is 0 Å². The predicted molar refractivity (Wildman–Crippen MR) is 108 cm³/mol. The number of amides is 1. The Labute approximate surface area is 188 Å². The maximum absolute atomic E-state index is 11.9. The Bertz CT molecular complexity index is 948. The lowest BCUT2D eigenvalue weighted by Gasteiger charge is -2.20. The van der Waals surface area contributed by atoms with Crippen molar-refractivity contribution in [2.24, 2.45) is 4.99 Å². The number of imidazole rings is 1. The summed E-state index contributed by atoms with van der Waals surface area (Å²) < 4.78 is 23.1. The quantitative estimate of drug-likeness (QED) is 0.350. The monoisotopic (exact) mass is 470 g/mol. The summed E-state index contributed by atoms with van der Waals surface area (Å²) >= 11 is 6.58. The highest BCUT2D eigenvalue weighted by atomic mass is 35.5. The molecule has 1 aromatic heterocycles. The lowest BCUT2D eigenvalue weighted by atomic mass is 10.1. The number of hydrogen-bond donors (Lipinski definition) is 0. The van der Waals surface area contributed by atoms with Gasteiger partial charge >= 0.3 is 17.9 Å². The highest BCUT2D eigenvalue weighted by Crippen LogP contribution is 2.40. The summed E-state index contributed by atoms with van der Waals surface area (Å²) in [5.41, 5.74) is 0.306. The van der Waals surface area contributed by atoms with Crippen LogP contribution in [0.1, 0.15) is 45.7 Å². The highest BCUT2D eigenvalue weighted by molar-refractivity contribution is 6.21. The molecule has 174 valence electrons. The van der Waals surface area contributed by atoms with Gasteiger partial charge in [0.1, 0.15) is 23.8 Å². The number of rotatable bonds is 5. The number of ether oxygens (including phenoxy) is 4. The van der Waals surface area contributed by atoms with Gasteiger partial charge in [-0.25, -0.2) is 9.98 Å². The fourth-order valence-corrected chi connectivity index (χ4v) is 3.83. The standard InChI is InChI=1S/C19H23ClN4O8/c1-9(25)23-5-13(30-11(3)27)16-18(22-7-23)24(8-21-16)19-15(20)17(31-12(4)28)14(32-19)6-29-10(2)26/h7-8,13-15,17,19H,5-6H2,1-4H3/t13-,14-,15?,17-,19-/m1/s1. The molecule has 3 heterocycles. The summed E-state index contributed by atoms with van der Waals surface area (Å²) in [6, 6.07) is 0. The second-order valence-corrected chi connectivity index (χ2v) is 7.76. The molecule has 1 aromatic rings. The van der Waals surface area contributed by atoms with E-state index < -0.39 is 47.8 Å². The molecule has 0 aliphatic carbocycles. The van der Waals surface area contributed by atoms with E-state index in [2.05, 4.69) is 9.98 Å². The van der Waals surface area contributed by atoms with Crippen LogP contribution in [0.2, 0.25) is 0 Å². The molecule has 1 amide bonds. The Morgan fingerprint density at radius 2 is 1.81 bits per heavy atom. The van der Waals surface area contributed by atoms with Crippen LogP contribution in [0.4, 0.5) is 5.82 Å². The molecule has 2 aliphatic heterocycles. The molecule has 0 bridgehead atoms. The first-order valence-corrected chi connectivity index (χ1v) is 10.2. The Balaban J connectivity index is 1.96. The van der Waals surface area contributed by atoms with Gasteiger partial charge in [-0.05, 0) is 0 Å². The number of carbonyl (C=O) groups excluding carboxylic acids is 4. The van der Waals surface area contributed by atoms with Gasteiger partial charge in [-0.3, -0.25) is 28.6 Å². The van der Waals surface area contributed by atoms with Gasteiger partial charge in [0.15, 0.2) is 24.3 Å². The Hall–Kier alpha value is -2.99. The maximum Gasteiger partial charge on any atom is 0.303 e. The number of carbonyl (C=O) groups is 4. The van der Waals surface area contributed by atoms with E-state index in [1.807, 2.05) is 0 Å². The maximum atomic E-state index is 11.9. The fraction of sp³-hybridized carbons (Fsp3) is 0.579. The largest absolute Gasteiger partial charge is 0.463 e. The zero-order valence-electron chi connectivity index (χ0n) is 17.9. The Kier molecular flexibility index (Phi) is 7.14. The average Bonchev–Trinajstić information content (AvgIpc) is 3.17. The molecule has 1 unspecified atom stereocenters. The zero-order valence-corrected chi connectivity index (χ0v) is 18.6. The van der Waals surface area contributed by atoms with Gasteiger partial charge in [-0.15, -0.1) is 11.6 Å². The molecule has 2 aliphatic rings. The molecule has 0 saturated carbocycles. The van der Waals surface area contributed by atoms with Gasteiger partial charge in [-0.2, -0.15) is 0 Å². The van der Waals surface area contributed by atoms with Crippen molar-refractivity contribution in [1.82, 2.24) is 14.5 Å². The summed E-state index contributed by atoms with van der Waals surface area (Å²) in [6.07, 6.45) is -0.809. The van der Waals surface area contributed by atoms with Crippen LogP contribution in [0.5, 0.6) is 0 Å². The lowest BCUT2D eigenvalue weighted by Crippen LogP contribution is -2.35. The smallest absolute Gasteiger partial charge is 0.303 e. The molecule has 13 heteroatoms. The molecular formula is C19H23ClN4O8. The van der Waals surface area contributed by atoms with Crippen LogP contribution in [0.15, 0.2) is 11.3 Å². The van der Waals surface area contributed by atoms with Crippen molar-refractivity contribution in [1.29, 1.82) is 0 Å². The van der Waals surface area contributed by atoms with E-state index in [9.17, 15) is 19.2 Å². The van der Waals surface area contributed by atoms with Crippen molar-refractivity contribution in [2.45, 2.75) is 57.6 Å². The summed E-state index contributed by atoms with van der Waals surface area (Å²) in [5, 5.41) is -0.882. The molecule has 0 N–H and O–H groups in total. The second-order valence-electron chi connectivity index (χ2n) is 7.26. The van der Waals surface area contributed by atoms with E-state index in [1.54, 1.807) is 0 Å². The first kappa shape index (κ1) is 23.7. The van der Waals surface area contributed by atoms with Crippen LogP contribution in [0, 0.1) is 0 Å². The van der Waals surface area contributed by atoms with Gasteiger partial charge in [0.2, 0.25) is 5.91 Å². The third-order valence-electron chi connectivity index (χ3n) is 4.79. The molecule has 0 radical (unpaired) electrons. The highest BCUT2D eigenvalue weighted by Gasteiger charge is 2.48. The number of nitrogens with zero attached hydrogens (tertiary/aromatic N) is 4. The van der Waals surface area contributed by atoms with E-state index in [1.165, 1.54) is 49.8 Å². The number of halogens is 1. The summed E-state index contributed by atoms with van der Waals surface area (Å²) in [4.78, 5) is 56.2. The third-order valence-corrected chi connectivity index (χ3v) is 5.25. The van der Waals surface area contributed by atoms with Gasteiger partial charge in [0.25, 0.3) is 0 Å². The van der Waals surface area contributed by atoms with Crippen molar-refractivity contribution < 1.29 is 38.1 Å². The zero-order chi connectivity index (χ0) is 23.6. The summed E-state index contributed by atoms with van der Waals surface area (Å²) in [5.74, 6) is -1.70. The molecule has 5 atom stereocenters. The Morgan fingerprint density at radius 3 is 2.41 bits per heavy atom. The predicted octanol–water partition coefficient (Wildman–Crippen LogP) is 1.01. The minimum absolute atomic E-state index is 0.0312. The van der Waals surface area contributed by atoms with Crippen molar-refractivity contribution in [3.05, 3.63) is 12.0 Å². The van der Waals surface area contributed by atoms with Crippen molar-refractivity contribution in [3.63, 3.8) is 0 Å². The number of alkyl halides is 1. The van der Waals surface area contributed by atoms with Crippen LogP contribution >= 0.6 is 11.6 Å². The van der Waals surface area contributed by atoms with E-state index in [0.717, 1.165) is 0 Å². The topological polar surface area (TPSA) is 139 Å². The van der Waals surface area contributed by atoms with E-state index in [-0.39, 0.29) is 24.9 Å². The minimum Gasteiger partial charge on any atom is -0.463 e. The van der Waals surface area contributed by atoms with E-state index >= 15 is 0 Å². The molecule has 3 rings (SSSR count). The molecule has 1 saturated heterocycles. The van der Waals surface area contributed by atoms with Crippen LogP contribution in [0.3, 0.4) is 0 Å². The fourth-order valence-electron chi connectivity index (χ4n) is 3.44. The molecule has 32 heavy (non-hydrogen) atoms. The van der Waals surface area contributed by atoms with Gasteiger partial charge in [0.05, 0.1) is 19.2 Å². The van der Waals surface area contributed by atoms with E-state index in [0.29, 0.717) is 5.69 Å². The Morgan fingerprint density at radius 1 is 1.12 bits per heavy atom. The molecule has 0 aromatic carbocycles. The molecule has 12 nitrogen and oxygen atoms in total. The van der Waals surface area contributed by atoms with Crippen molar-refractivity contribution in [3.8, 4) is 0 Å². The molecule has 1 fully saturated rings. The summed E-state index contributed by atoms with van der Waals surface area (Å²) in [7, 11) is 0. The lowest BCUT2D eigenvalue weighted by molar-refractivity contribution is -0.155. The number of aromatic nitrogens is 2. The van der Waals surface area contributed by atoms with Crippen LogP contribution in [-0.2, 0) is 38.1 Å². The first-order valence-electron chi connectivity index (χ1n) is 9.74. The van der Waals surface area contributed by atoms with Crippen LogP contribution < -0.4 is 0 Å². The van der Waals surface area contributed by atoms with Crippen LogP contribution in [-0.4, -0.2) is 75.3 Å². The third kappa shape index (κ3) is 5.07. The van der Waals surface area contributed by atoms with Gasteiger partial charge in [0, 0.05) is 27.7 Å². The molecular weight excluding hydrogens is 448 g/mol. The minimum atomic E-state index is -0.913. The number of fused-ring (bicyclic) bond motifs is 1. The normalized spacial score (nSPS) is 26.8. The number of esters is 3. The number of hydrogen-bond acceptors (Lipinski definition) is 10. The van der Waals surface area contributed by atoms with E-state index in [4.69, 9.17) is 30.5 Å². The van der Waals surface area contributed by atoms with Crippen LogP contribution in [0.25, 0.3) is 0 Å². The van der Waals surface area contributed by atoms with Gasteiger partial charge < -0.3 is 18.9 Å². The number of aliphatic imine (C=N–C) groups is 1. The van der Waals surface area contributed by atoms with Crippen molar-refractivity contribution in [2.75, 3.05) is 13.2 Å². The SMILES string of the molecule is CC(=O)OC[C@H]1O[C@@H](n2cnc3c2N=CN(C(C)=O)C[C@H]3OC(C)=O)C(Cl)[C@@H]1OC(C)=O. The second kappa shape index (κ2) is 9.65. The molecule has 0 spiro atoms. The average molecular weight is 471 g/mol. The first-order chi connectivity index (χ1) is 15.1. The summed E-state index contributed by atoms with van der Waals surface area (Å²) in [6.45, 7) is 4.93.